The van der Waals surface area contributed by atoms with Gasteiger partial charge in [-0.2, -0.15) is 5.10 Å². The Bertz CT molecular complexity index is 1390. The predicted molar refractivity (Wildman–Crippen MR) is 142 cm³/mol. The van der Waals surface area contributed by atoms with Crippen LogP contribution in [0, 0.1) is 11.8 Å². The minimum Gasteiger partial charge on any atom is -0.477 e. The molecule has 0 atom stereocenters. The Kier molecular flexibility index (Phi) is 7.50. The van der Waals surface area contributed by atoms with Crippen molar-refractivity contribution >= 4 is 23.3 Å². The number of hydrogen-bond acceptors (Lipinski definition) is 6. The van der Waals surface area contributed by atoms with Gasteiger partial charge in [0.15, 0.2) is 11.5 Å². The van der Waals surface area contributed by atoms with Gasteiger partial charge in [0.2, 0.25) is 5.91 Å². The number of carbonyl (C=O) groups excluding carboxylic acids is 1. The summed E-state index contributed by atoms with van der Waals surface area (Å²) in [6.45, 7) is 5.15. The third-order valence-corrected chi connectivity index (χ3v) is 7.14. The van der Waals surface area contributed by atoms with Crippen molar-refractivity contribution < 1.29 is 19.4 Å². The third-order valence-electron chi connectivity index (χ3n) is 7.14. The van der Waals surface area contributed by atoms with Gasteiger partial charge >= 0.3 is 5.97 Å². The van der Waals surface area contributed by atoms with E-state index < -0.39 is 5.97 Å². The monoisotopic (exact) mass is 516 g/mol. The summed E-state index contributed by atoms with van der Waals surface area (Å²) >= 11 is 0. The largest absolute Gasteiger partial charge is 0.477 e. The number of carboxylic acids is 1. The van der Waals surface area contributed by atoms with E-state index in [1.807, 2.05) is 49.5 Å². The molecule has 1 aromatic carbocycles. The smallest absolute Gasteiger partial charge is 0.341 e. The van der Waals surface area contributed by atoms with Gasteiger partial charge in [-0.05, 0) is 56.7 Å². The highest BCUT2D eigenvalue weighted by Gasteiger charge is 2.32. The van der Waals surface area contributed by atoms with Crippen LogP contribution in [0.2, 0.25) is 0 Å². The summed E-state index contributed by atoms with van der Waals surface area (Å²) in [5, 5.41) is 19.2. The van der Waals surface area contributed by atoms with Crippen molar-refractivity contribution in [3.8, 4) is 16.9 Å². The molecule has 4 aromatic rings. The summed E-state index contributed by atoms with van der Waals surface area (Å²) in [4.78, 5) is 31.7. The maximum absolute atomic E-state index is 13.6. The van der Waals surface area contributed by atoms with Gasteiger partial charge in [0.25, 0.3) is 0 Å². The number of carboxylic acid groups (broad SMARTS) is 1. The lowest BCUT2D eigenvalue weighted by molar-refractivity contribution is -0.123. The van der Waals surface area contributed by atoms with Gasteiger partial charge in [-0.15, -0.1) is 5.10 Å². The topological polar surface area (TPSA) is 115 Å². The summed E-state index contributed by atoms with van der Waals surface area (Å²) < 4.78 is 8.74. The van der Waals surface area contributed by atoms with Crippen LogP contribution in [0.25, 0.3) is 22.6 Å². The molecule has 0 radical (unpaired) electrons. The van der Waals surface area contributed by atoms with Crippen LogP contribution in [0.15, 0.2) is 55.0 Å². The lowest BCUT2D eigenvalue weighted by Gasteiger charge is -2.30. The molecule has 3 aromatic heterocycles. The first kappa shape index (κ1) is 25.6. The molecule has 1 N–H and O–H groups in total. The SMILES string of the molecule is CCOCCN(c1nn(-c2ccc(-c3cc4ncccn4n3)cc2)cc1C(=O)O)C(=O)[C@H]1CC[C@H](C)CC1. The number of carbonyl (C=O) groups is 2. The molecule has 1 aliphatic rings. The molecule has 1 amide bonds. The van der Waals surface area contributed by atoms with Crippen molar-refractivity contribution in [2.45, 2.75) is 39.5 Å². The zero-order chi connectivity index (χ0) is 26.6. The summed E-state index contributed by atoms with van der Waals surface area (Å²) in [6, 6.07) is 11.2. The number of nitrogens with zero attached hydrogens (tertiary/aromatic N) is 6. The van der Waals surface area contributed by atoms with E-state index in [2.05, 4.69) is 22.1 Å². The van der Waals surface area contributed by atoms with E-state index in [0.717, 1.165) is 42.6 Å². The molecule has 0 saturated heterocycles. The van der Waals surface area contributed by atoms with E-state index in [1.165, 1.54) is 15.8 Å². The average molecular weight is 517 g/mol. The number of hydrogen-bond donors (Lipinski definition) is 1. The van der Waals surface area contributed by atoms with Gasteiger partial charge in [-0.25, -0.2) is 19.0 Å². The third kappa shape index (κ3) is 5.31. The van der Waals surface area contributed by atoms with Crippen LogP contribution in [0.5, 0.6) is 0 Å². The Morgan fingerprint density at radius 1 is 1.13 bits per heavy atom. The average Bonchev–Trinajstić information content (AvgIpc) is 3.57. The quantitative estimate of drug-likeness (QED) is 0.326. The molecule has 0 aliphatic heterocycles. The van der Waals surface area contributed by atoms with Crippen LogP contribution >= 0.6 is 0 Å². The molecular formula is C28H32N6O4. The fourth-order valence-corrected chi connectivity index (χ4v) is 4.95. The molecule has 1 saturated carbocycles. The van der Waals surface area contributed by atoms with E-state index in [9.17, 15) is 14.7 Å². The standard InChI is InChI=1S/C28H32N6O4/c1-3-38-16-15-32(27(35)21-7-5-19(2)6-8-21)26-23(28(36)37)18-34(31-26)22-11-9-20(10-12-22)24-17-25-29-13-4-14-33(25)30-24/h4,9-14,17-19,21H,3,5-8,15-16H2,1-2H3,(H,36,37)/t19-,21-. The second kappa shape index (κ2) is 11.1. The highest BCUT2D eigenvalue weighted by molar-refractivity contribution is 6.01. The maximum Gasteiger partial charge on any atom is 0.341 e. The molecule has 0 bridgehead atoms. The van der Waals surface area contributed by atoms with Crippen molar-refractivity contribution in [3.63, 3.8) is 0 Å². The number of aromatic carboxylic acids is 1. The normalized spacial score (nSPS) is 17.5. The molecule has 10 nitrogen and oxygen atoms in total. The summed E-state index contributed by atoms with van der Waals surface area (Å²) in [7, 11) is 0. The highest BCUT2D eigenvalue weighted by atomic mass is 16.5. The van der Waals surface area contributed by atoms with Gasteiger partial charge in [-0.3, -0.25) is 9.69 Å². The van der Waals surface area contributed by atoms with Crippen molar-refractivity contribution in [3.05, 3.63) is 60.6 Å². The Morgan fingerprint density at radius 3 is 2.58 bits per heavy atom. The number of amides is 1. The summed E-state index contributed by atoms with van der Waals surface area (Å²) in [6.07, 6.45) is 8.60. The van der Waals surface area contributed by atoms with Crippen molar-refractivity contribution in [1.82, 2.24) is 24.4 Å². The van der Waals surface area contributed by atoms with Crippen LogP contribution in [-0.4, -0.2) is 61.1 Å². The number of ether oxygens (including phenoxy) is 1. The zero-order valence-electron chi connectivity index (χ0n) is 21.7. The fraction of sp³-hybridized carbons (Fsp3) is 0.393. The van der Waals surface area contributed by atoms with Gasteiger partial charge in [0.05, 0.1) is 24.5 Å². The van der Waals surface area contributed by atoms with E-state index in [1.54, 1.807) is 10.7 Å². The molecule has 3 heterocycles. The first-order valence-corrected chi connectivity index (χ1v) is 13.1. The minimum absolute atomic E-state index is 0.0190. The minimum atomic E-state index is -1.13. The number of aromatic nitrogens is 5. The van der Waals surface area contributed by atoms with Crippen LogP contribution in [0.3, 0.4) is 0 Å². The van der Waals surface area contributed by atoms with Gasteiger partial charge in [0.1, 0.15) is 5.56 Å². The lowest BCUT2D eigenvalue weighted by Crippen LogP contribution is -2.40. The zero-order valence-corrected chi connectivity index (χ0v) is 21.7. The second-order valence-electron chi connectivity index (χ2n) is 9.76. The van der Waals surface area contributed by atoms with Crippen LogP contribution in [0.1, 0.15) is 49.9 Å². The molecule has 0 spiro atoms. The van der Waals surface area contributed by atoms with Gasteiger partial charge in [0, 0.05) is 42.7 Å². The number of fused-ring (bicyclic) bond motifs is 1. The first-order valence-electron chi connectivity index (χ1n) is 13.1. The van der Waals surface area contributed by atoms with E-state index >= 15 is 0 Å². The van der Waals surface area contributed by atoms with Crippen molar-refractivity contribution in [2.75, 3.05) is 24.7 Å². The summed E-state index contributed by atoms with van der Waals surface area (Å²) in [5.74, 6) is -0.605. The number of benzene rings is 1. The Labute approximate surface area is 220 Å². The highest BCUT2D eigenvalue weighted by Crippen LogP contribution is 2.32. The van der Waals surface area contributed by atoms with E-state index in [0.29, 0.717) is 24.8 Å². The molecule has 198 valence electrons. The molecule has 1 aliphatic carbocycles. The van der Waals surface area contributed by atoms with Crippen LogP contribution in [-0.2, 0) is 9.53 Å². The summed E-state index contributed by atoms with van der Waals surface area (Å²) in [5.41, 5.74) is 3.07. The van der Waals surface area contributed by atoms with Gasteiger partial charge in [-0.1, -0.05) is 19.1 Å². The van der Waals surface area contributed by atoms with Gasteiger partial charge < -0.3 is 9.84 Å². The molecule has 1 fully saturated rings. The molecule has 10 heteroatoms. The maximum atomic E-state index is 13.6. The Hall–Kier alpha value is -4.05. The Morgan fingerprint density at radius 2 is 1.89 bits per heavy atom. The number of anilines is 1. The number of rotatable bonds is 9. The van der Waals surface area contributed by atoms with Crippen molar-refractivity contribution in [1.29, 1.82) is 0 Å². The molecule has 38 heavy (non-hydrogen) atoms. The van der Waals surface area contributed by atoms with E-state index in [-0.39, 0.29) is 29.8 Å². The molecule has 0 unspecified atom stereocenters. The van der Waals surface area contributed by atoms with Crippen LogP contribution in [0.4, 0.5) is 5.82 Å². The molecular weight excluding hydrogens is 484 g/mol. The fourth-order valence-electron chi connectivity index (χ4n) is 4.95. The van der Waals surface area contributed by atoms with E-state index in [4.69, 9.17) is 4.74 Å². The lowest BCUT2D eigenvalue weighted by atomic mass is 9.82. The predicted octanol–water partition coefficient (Wildman–Crippen LogP) is 4.48. The second-order valence-corrected chi connectivity index (χ2v) is 9.76. The molecule has 5 rings (SSSR count). The Balaban J connectivity index is 1.44. The van der Waals surface area contributed by atoms with Crippen LogP contribution < -0.4 is 4.90 Å². The first-order chi connectivity index (χ1) is 18.4. The van der Waals surface area contributed by atoms with Crippen molar-refractivity contribution in [2.24, 2.45) is 11.8 Å².